The molecule has 0 saturated carbocycles. The van der Waals surface area contributed by atoms with Gasteiger partial charge in [0.25, 0.3) is 0 Å². The smallest absolute Gasteiger partial charge is 0.124 e. The summed E-state index contributed by atoms with van der Waals surface area (Å²) in [7, 11) is 0. The summed E-state index contributed by atoms with van der Waals surface area (Å²) in [4.78, 5) is 4.90. The van der Waals surface area contributed by atoms with Gasteiger partial charge in [-0.25, -0.2) is 0 Å². The molecule has 0 unspecified atom stereocenters. The Bertz CT molecular complexity index is 515. The second-order valence-electron chi connectivity index (χ2n) is 3.92. The standard InChI is InChI=1S/C14H17N3S2/c1-3-12(18-4-2)10-17(14-7-8-15-16-14)11-13-6-5-9-19-13/h3-9H,2,10-11H2,1H3,(H,15,16)/b12-3-. The Balaban J connectivity index is 2.12. The number of nitrogens with zero attached hydrogens (tertiary/aromatic N) is 2. The van der Waals surface area contributed by atoms with E-state index in [1.54, 1.807) is 29.3 Å². The molecule has 100 valence electrons. The van der Waals surface area contributed by atoms with E-state index in [1.165, 1.54) is 9.78 Å². The highest BCUT2D eigenvalue weighted by Gasteiger charge is 2.11. The largest absolute Gasteiger partial charge is 0.347 e. The Hall–Kier alpha value is -1.46. The zero-order chi connectivity index (χ0) is 13.5. The van der Waals surface area contributed by atoms with Gasteiger partial charge in [-0.05, 0) is 23.8 Å². The van der Waals surface area contributed by atoms with Crippen molar-refractivity contribution in [3.63, 3.8) is 0 Å². The minimum atomic E-state index is 0.854. The summed E-state index contributed by atoms with van der Waals surface area (Å²) in [6.07, 6.45) is 3.91. The van der Waals surface area contributed by atoms with Crippen LogP contribution in [0.25, 0.3) is 0 Å². The lowest BCUT2D eigenvalue weighted by Gasteiger charge is -2.23. The van der Waals surface area contributed by atoms with E-state index in [-0.39, 0.29) is 0 Å². The Morgan fingerprint density at radius 1 is 1.58 bits per heavy atom. The first-order chi connectivity index (χ1) is 9.33. The van der Waals surface area contributed by atoms with Crippen molar-refractivity contribution in [2.45, 2.75) is 13.5 Å². The highest BCUT2D eigenvalue weighted by atomic mass is 32.2. The van der Waals surface area contributed by atoms with Crippen molar-refractivity contribution in [1.82, 2.24) is 10.2 Å². The lowest BCUT2D eigenvalue weighted by Crippen LogP contribution is -2.24. The molecule has 0 saturated heterocycles. The fraction of sp³-hybridized carbons (Fsp3) is 0.214. The lowest BCUT2D eigenvalue weighted by molar-refractivity contribution is 0.844. The normalized spacial score (nSPS) is 11.5. The molecule has 0 spiro atoms. The van der Waals surface area contributed by atoms with Crippen LogP contribution in [0, 0.1) is 0 Å². The van der Waals surface area contributed by atoms with Gasteiger partial charge in [0.1, 0.15) is 5.82 Å². The summed E-state index contributed by atoms with van der Waals surface area (Å²) in [6, 6.07) is 6.24. The van der Waals surface area contributed by atoms with E-state index in [2.05, 4.69) is 52.2 Å². The number of hydrogen-bond acceptors (Lipinski definition) is 4. The molecule has 3 nitrogen and oxygen atoms in total. The maximum absolute atomic E-state index is 4.04. The zero-order valence-electron chi connectivity index (χ0n) is 10.9. The van der Waals surface area contributed by atoms with E-state index >= 15 is 0 Å². The van der Waals surface area contributed by atoms with Gasteiger partial charge in [0.05, 0.1) is 19.3 Å². The molecule has 0 fully saturated rings. The number of aromatic amines is 1. The zero-order valence-corrected chi connectivity index (χ0v) is 12.5. The first-order valence-corrected chi connectivity index (χ1v) is 7.79. The number of nitrogens with one attached hydrogen (secondary N) is 1. The van der Waals surface area contributed by atoms with Crippen molar-refractivity contribution < 1.29 is 0 Å². The molecule has 19 heavy (non-hydrogen) atoms. The number of thiophene rings is 1. The highest BCUT2D eigenvalue weighted by molar-refractivity contribution is 8.05. The van der Waals surface area contributed by atoms with Crippen molar-refractivity contribution in [3.8, 4) is 0 Å². The number of allylic oxidation sites excluding steroid dienone is 1. The average molecular weight is 291 g/mol. The van der Waals surface area contributed by atoms with Crippen molar-refractivity contribution >= 4 is 28.9 Å². The van der Waals surface area contributed by atoms with Crippen molar-refractivity contribution in [2.75, 3.05) is 11.4 Å². The molecule has 0 aliphatic rings. The van der Waals surface area contributed by atoms with Crippen LogP contribution < -0.4 is 4.90 Å². The number of H-pyrrole nitrogens is 1. The van der Waals surface area contributed by atoms with Crippen LogP contribution in [0.1, 0.15) is 11.8 Å². The molecule has 5 heteroatoms. The number of rotatable bonds is 7. The predicted octanol–water partition coefficient (Wildman–Crippen LogP) is 4.26. The SMILES string of the molecule is C=CS/C(=C\C)CN(Cc1cccs1)c1ccn[nH]1. The van der Waals surface area contributed by atoms with Crippen LogP contribution in [0.4, 0.5) is 5.82 Å². The maximum Gasteiger partial charge on any atom is 0.124 e. The summed E-state index contributed by atoms with van der Waals surface area (Å²) in [5.74, 6) is 1.04. The first kappa shape index (κ1) is 14.0. The molecule has 0 amide bonds. The van der Waals surface area contributed by atoms with Crippen LogP contribution in [0.5, 0.6) is 0 Å². The van der Waals surface area contributed by atoms with E-state index in [0.717, 1.165) is 18.9 Å². The molecule has 2 aromatic heterocycles. The fourth-order valence-electron chi connectivity index (χ4n) is 1.73. The third-order valence-corrected chi connectivity index (χ3v) is 4.35. The third kappa shape index (κ3) is 4.01. The Kier molecular flexibility index (Phi) is 5.30. The molecule has 2 rings (SSSR count). The van der Waals surface area contributed by atoms with Crippen molar-refractivity contribution in [2.24, 2.45) is 0 Å². The fourth-order valence-corrected chi connectivity index (χ4v) is 3.03. The molecule has 2 heterocycles. The monoisotopic (exact) mass is 291 g/mol. The van der Waals surface area contributed by atoms with Gasteiger partial charge < -0.3 is 4.90 Å². The van der Waals surface area contributed by atoms with E-state index in [0.29, 0.717) is 0 Å². The predicted molar refractivity (Wildman–Crippen MR) is 85.5 cm³/mol. The summed E-state index contributed by atoms with van der Waals surface area (Å²) in [5, 5.41) is 11.1. The minimum Gasteiger partial charge on any atom is -0.347 e. The van der Waals surface area contributed by atoms with Gasteiger partial charge in [-0.1, -0.05) is 18.7 Å². The Labute approximate surface area is 122 Å². The highest BCUT2D eigenvalue weighted by Crippen LogP contribution is 2.23. The molecule has 0 atom stereocenters. The molecule has 0 radical (unpaired) electrons. The molecule has 1 N–H and O–H groups in total. The summed E-state index contributed by atoms with van der Waals surface area (Å²) in [6.45, 7) is 7.58. The first-order valence-electron chi connectivity index (χ1n) is 6.03. The summed E-state index contributed by atoms with van der Waals surface area (Å²) < 4.78 is 0. The molecule has 0 bridgehead atoms. The van der Waals surface area contributed by atoms with Gasteiger partial charge >= 0.3 is 0 Å². The van der Waals surface area contributed by atoms with Gasteiger partial charge in [-0.3, -0.25) is 5.10 Å². The van der Waals surface area contributed by atoms with E-state index < -0.39 is 0 Å². The van der Waals surface area contributed by atoms with E-state index in [1.807, 2.05) is 11.5 Å². The Morgan fingerprint density at radius 2 is 2.47 bits per heavy atom. The van der Waals surface area contributed by atoms with E-state index in [4.69, 9.17) is 0 Å². The quantitative estimate of drug-likeness (QED) is 0.827. The molecule has 2 aromatic rings. The van der Waals surface area contributed by atoms with Crippen LogP contribution in [0.15, 0.2) is 52.7 Å². The van der Waals surface area contributed by atoms with E-state index in [9.17, 15) is 0 Å². The van der Waals surface area contributed by atoms with Gasteiger partial charge in [-0.2, -0.15) is 5.10 Å². The number of thioether (sulfide) groups is 1. The number of hydrogen-bond donors (Lipinski definition) is 1. The maximum atomic E-state index is 4.04. The summed E-state index contributed by atoms with van der Waals surface area (Å²) >= 11 is 3.44. The number of aromatic nitrogens is 2. The molecular formula is C14H17N3S2. The van der Waals surface area contributed by atoms with Crippen LogP contribution in [-0.2, 0) is 6.54 Å². The van der Waals surface area contributed by atoms with Crippen LogP contribution in [0.3, 0.4) is 0 Å². The molecule has 0 aliphatic carbocycles. The molecule has 0 aromatic carbocycles. The van der Waals surface area contributed by atoms with Crippen molar-refractivity contribution in [1.29, 1.82) is 0 Å². The minimum absolute atomic E-state index is 0.854. The topological polar surface area (TPSA) is 31.9 Å². The van der Waals surface area contributed by atoms with Gasteiger partial charge in [0, 0.05) is 15.8 Å². The van der Waals surface area contributed by atoms with Crippen LogP contribution >= 0.6 is 23.1 Å². The van der Waals surface area contributed by atoms with Crippen LogP contribution in [-0.4, -0.2) is 16.7 Å². The lowest BCUT2D eigenvalue weighted by atomic mass is 10.3. The van der Waals surface area contributed by atoms with Gasteiger partial charge in [-0.15, -0.1) is 23.1 Å². The number of anilines is 1. The molecule has 0 aliphatic heterocycles. The second-order valence-corrected chi connectivity index (χ2v) is 6.04. The Morgan fingerprint density at radius 3 is 3.05 bits per heavy atom. The second kappa shape index (κ2) is 7.21. The average Bonchev–Trinajstić information content (AvgIpc) is 3.10. The van der Waals surface area contributed by atoms with Gasteiger partial charge in [0.15, 0.2) is 0 Å². The third-order valence-electron chi connectivity index (χ3n) is 2.66. The summed E-state index contributed by atoms with van der Waals surface area (Å²) in [5.41, 5.74) is 0. The van der Waals surface area contributed by atoms with Crippen LogP contribution in [0.2, 0.25) is 0 Å². The van der Waals surface area contributed by atoms with Crippen molar-refractivity contribution in [3.05, 3.63) is 57.6 Å². The van der Waals surface area contributed by atoms with Gasteiger partial charge in [0.2, 0.25) is 0 Å². The molecular weight excluding hydrogens is 274 g/mol.